The second kappa shape index (κ2) is 7.20. The molecule has 5 nitrogen and oxygen atoms in total. The molecular formula is C16H24N2O3. The van der Waals surface area contributed by atoms with Crippen LogP contribution < -0.4 is 15.4 Å². The predicted molar refractivity (Wildman–Crippen MR) is 83.6 cm³/mol. The number of anilines is 2. The van der Waals surface area contributed by atoms with Crippen LogP contribution in [0.4, 0.5) is 11.4 Å². The number of rotatable bonds is 6. The van der Waals surface area contributed by atoms with Crippen LogP contribution in [0.5, 0.6) is 5.75 Å². The molecule has 1 aromatic rings. The first kappa shape index (κ1) is 15.5. The van der Waals surface area contributed by atoms with Gasteiger partial charge in [-0.25, -0.2) is 0 Å². The molecule has 0 aromatic heterocycles. The molecular weight excluding hydrogens is 268 g/mol. The number of benzene rings is 1. The number of hydrogen-bond donors (Lipinski definition) is 1. The maximum atomic E-state index is 12.0. The van der Waals surface area contributed by atoms with Gasteiger partial charge in [-0.3, -0.25) is 4.79 Å². The fraction of sp³-hybridized carbons (Fsp3) is 0.562. The Bertz CT molecular complexity index is 490. The van der Waals surface area contributed by atoms with Crippen LogP contribution in [0.3, 0.4) is 0 Å². The summed E-state index contributed by atoms with van der Waals surface area (Å²) < 4.78 is 11.0. The number of nitrogens with zero attached hydrogens (tertiary/aromatic N) is 1. The third kappa shape index (κ3) is 4.03. The molecule has 0 saturated carbocycles. The van der Waals surface area contributed by atoms with E-state index in [1.54, 1.807) is 0 Å². The Kier molecular flexibility index (Phi) is 5.31. The number of fused-ring (bicyclic) bond motifs is 1. The smallest absolute Gasteiger partial charge is 0.325 e. The second-order valence-corrected chi connectivity index (χ2v) is 5.43. The summed E-state index contributed by atoms with van der Waals surface area (Å²) in [4.78, 5) is 13.9. The molecule has 0 spiro atoms. The van der Waals surface area contributed by atoms with E-state index in [4.69, 9.17) is 15.2 Å². The Labute approximate surface area is 126 Å². The molecule has 0 amide bonds. The SMILES string of the molecule is CCCCCOC(=O)CN1CC(C)Oc2cccc(N)c21. The van der Waals surface area contributed by atoms with Crippen LogP contribution in [0.25, 0.3) is 0 Å². The zero-order chi connectivity index (χ0) is 15.2. The van der Waals surface area contributed by atoms with Gasteiger partial charge in [0.25, 0.3) is 0 Å². The van der Waals surface area contributed by atoms with Crippen molar-refractivity contribution in [1.82, 2.24) is 0 Å². The first-order chi connectivity index (χ1) is 10.1. The summed E-state index contributed by atoms with van der Waals surface area (Å²) in [5, 5.41) is 0. The summed E-state index contributed by atoms with van der Waals surface area (Å²) in [7, 11) is 0. The van der Waals surface area contributed by atoms with Crippen LogP contribution in [0, 0.1) is 0 Å². The highest BCUT2D eigenvalue weighted by Gasteiger charge is 2.26. The summed E-state index contributed by atoms with van der Waals surface area (Å²) in [5.41, 5.74) is 7.43. The van der Waals surface area contributed by atoms with E-state index < -0.39 is 0 Å². The lowest BCUT2D eigenvalue weighted by Gasteiger charge is -2.35. The van der Waals surface area contributed by atoms with Crippen molar-refractivity contribution in [3.63, 3.8) is 0 Å². The molecule has 1 aliphatic rings. The molecule has 1 aliphatic heterocycles. The van der Waals surface area contributed by atoms with Crippen LogP contribution in [0.15, 0.2) is 18.2 Å². The second-order valence-electron chi connectivity index (χ2n) is 5.43. The maximum absolute atomic E-state index is 12.0. The van der Waals surface area contributed by atoms with Gasteiger partial charge in [0.05, 0.1) is 18.8 Å². The lowest BCUT2D eigenvalue weighted by atomic mass is 10.1. The Morgan fingerprint density at radius 3 is 3.05 bits per heavy atom. The van der Waals surface area contributed by atoms with Crippen molar-refractivity contribution in [3.8, 4) is 5.75 Å². The van der Waals surface area contributed by atoms with Gasteiger partial charge in [0.15, 0.2) is 0 Å². The fourth-order valence-electron chi connectivity index (χ4n) is 2.51. The van der Waals surface area contributed by atoms with E-state index in [0.717, 1.165) is 30.7 Å². The van der Waals surface area contributed by atoms with Crippen molar-refractivity contribution in [2.45, 2.75) is 39.2 Å². The molecule has 1 atom stereocenters. The molecule has 0 fully saturated rings. The van der Waals surface area contributed by atoms with E-state index in [2.05, 4.69) is 6.92 Å². The molecule has 2 rings (SSSR count). The predicted octanol–water partition coefficient (Wildman–Crippen LogP) is 2.59. The van der Waals surface area contributed by atoms with Crippen LogP contribution >= 0.6 is 0 Å². The molecule has 116 valence electrons. The lowest BCUT2D eigenvalue weighted by molar-refractivity contribution is -0.142. The molecule has 1 heterocycles. The van der Waals surface area contributed by atoms with E-state index in [1.165, 1.54) is 0 Å². The average molecular weight is 292 g/mol. The molecule has 0 bridgehead atoms. The van der Waals surface area contributed by atoms with E-state index in [9.17, 15) is 4.79 Å². The number of hydrogen-bond acceptors (Lipinski definition) is 5. The van der Waals surface area contributed by atoms with E-state index >= 15 is 0 Å². The van der Waals surface area contributed by atoms with Gasteiger partial charge in [-0.15, -0.1) is 0 Å². The minimum absolute atomic E-state index is 0.0205. The Balaban J connectivity index is 1.99. The largest absolute Gasteiger partial charge is 0.487 e. The maximum Gasteiger partial charge on any atom is 0.325 e. The van der Waals surface area contributed by atoms with Gasteiger partial charge in [-0.05, 0) is 25.5 Å². The third-order valence-electron chi connectivity index (χ3n) is 3.48. The van der Waals surface area contributed by atoms with Gasteiger partial charge in [-0.2, -0.15) is 0 Å². The number of nitrogens with two attached hydrogens (primary N) is 1. The summed E-state index contributed by atoms with van der Waals surface area (Å²) in [6, 6.07) is 5.55. The van der Waals surface area contributed by atoms with Crippen LogP contribution in [-0.2, 0) is 9.53 Å². The number of para-hydroxylation sites is 1. The number of ether oxygens (including phenoxy) is 2. The quantitative estimate of drug-likeness (QED) is 0.496. The molecule has 21 heavy (non-hydrogen) atoms. The molecule has 1 unspecified atom stereocenters. The Morgan fingerprint density at radius 2 is 2.29 bits per heavy atom. The summed E-state index contributed by atoms with van der Waals surface area (Å²) >= 11 is 0. The van der Waals surface area contributed by atoms with Crippen molar-refractivity contribution >= 4 is 17.3 Å². The Hall–Kier alpha value is -1.91. The number of unbranched alkanes of at least 4 members (excludes halogenated alkanes) is 2. The summed E-state index contributed by atoms with van der Waals surface area (Å²) in [6.45, 7) is 5.43. The highest BCUT2D eigenvalue weighted by atomic mass is 16.5. The van der Waals surface area contributed by atoms with Crippen molar-refractivity contribution < 1.29 is 14.3 Å². The van der Waals surface area contributed by atoms with Crippen LogP contribution in [0.2, 0.25) is 0 Å². The molecule has 0 saturated heterocycles. The minimum atomic E-state index is -0.214. The van der Waals surface area contributed by atoms with Gasteiger partial charge < -0.3 is 20.1 Å². The normalized spacial score (nSPS) is 17.0. The van der Waals surface area contributed by atoms with Gasteiger partial charge in [0.2, 0.25) is 0 Å². The monoisotopic (exact) mass is 292 g/mol. The fourth-order valence-corrected chi connectivity index (χ4v) is 2.51. The van der Waals surface area contributed by atoms with E-state index in [1.807, 2.05) is 30.0 Å². The first-order valence-electron chi connectivity index (χ1n) is 7.57. The molecule has 5 heteroatoms. The van der Waals surface area contributed by atoms with Crippen LogP contribution in [-0.4, -0.2) is 31.8 Å². The van der Waals surface area contributed by atoms with Crippen molar-refractivity contribution in [1.29, 1.82) is 0 Å². The number of carbonyl (C=O) groups excluding carboxylic acids is 1. The van der Waals surface area contributed by atoms with E-state index in [-0.39, 0.29) is 18.6 Å². The van der Waals surface area contributed by atoms with Crippen molar-refractivity contribution in [2.75, 3.05) is 30.3 Å². The zero-order valence-corrected chi connectivity index (χ0v) is 12.8. The molecule has 0 radical (unpaired) electrons. The highest BCUT2D eigenvalue weighted by molar-refractivity contribution is 5.82. The first-order valence-corrected chi connectivity index (χ1v) is 7.57. The summed E-state index contributed by atoms with van der Waals surface area (Å²) in [6.07, 6.45) is 3.13. The average Bonchev–Trinajstić information content (AvgIpc) is 2.43. The third-order valence-corrected chi connectivity index (χ3v) is 3.48. The number of esters is 1. The number of carbonyl (C=O) groups is 1. The highest BCUT2D eigenvalue weighted by Crippen LogP contribution is 2.37. The molecule has 0 aliphatic carbocycles. The minimum Gasteiger partial charge on any atom is -0.487 e. The van der Waals surface area contributed by atoms with Gasteiger partial charge >= 0.3 is 5.97 Å². The van der Waals surface area contributed by atoms with Crippen molar-refractivity contribution in [3.05, 3.63) is 18.2 Å². The number of nitrogen functional groups attached to an aromatic ring is 1. The Morgan fingerprint density at radius 1 is 1.48 bits per heavy atom. The molecule has 2 N–H and O–H groups in total. The van der Waals surface area contributed by atoms with Gasteiger partial charge in [-0.1, -0.05) is 25.8 Å². The van der Waals surface area contributed by atoms with Gasteiger partial charge in [0, 0.05) is 0 Å². The standard InChI is InChI=1S/C16H24N2O3/c1-3-4-5-9-20-15(19)11-18-10-12(2)21-14-8-6-7-13(17)16(14)18/h6-8,12H,3-5,9-11,17H2,1-2H3. The van der Waals surface area contributed by atoms with Crippen molar-refractivity contribution in [2.24, 2.45) is 0 Å². The topological polar surface area (TPSA) is 64.8 Å². The lowest BCUT2D eigenvalue weighted by Crippen LogP contribution is -2.42. The molecule has 1 aromatic carbocycles. The van der Waals surface area contributed by atoms with Gasteiger partial charge in [0.1, 0.15) is 24.1 Å². The van der Waals surface area contributed by atoms with E-state index in [0.29, 0.717) is 18.8 Å². The summed E-state index contributed by atoms with van der Waals surface area (Å²) in [5.74, 6) is 0.516. The zero-order valence-electron chi connectivity index (χ0n) is 12.8. The van der Waals surface area contributed by atoms with Crippen LogP contribution in [0.1, 0.15) is 33.1 Å².